The molecule has 0 saturated heterocycles. The van der Waals surface area contributed by atoms with Crippen LogP contribution in [-0.4, -0.2) is 15.2 Å². The van der Waals surface area contributed by atoms with E-state index in [0.29, 0.717) is 11.7 Å². The summed E-state index contributed by atoms with van der Waals surface area (Å²) in [5.41, 5.74) is 10.2. The molecule has 0 unspecified atom stereocenters. The van der Waals surface area contributed by atoms with E-state index in [2.05, 4.69) is 47.2 Å². The maximum atomic E-state index is 5.65. The van der Waals surface area contributed by atoms with Gasteiger partial charge in [0.25, 0.3) is 0 Å². The van der Waals surface area contributed by atoms with Crippen molar-refractivity contribution in [2.24, 2.45) is 0 Å². The predicted molar refractivity (Wildman–Crippen MR) is 74.4 cm³/mol. The van der Waals surface area contributed by atoms with E-state index in [1.54, 1.807) is 0 Å². The van der Waals surface area contributed by atoms with Crippen molar-refractivity contribution in [3.8, 4) is 11.3 Å². The number of hydrogen-bond donors (Lipinski definition) is 3. The molecule has 0 bridgehead atoms. The second-order valence-electron chi connectivity index (χ2n) is 4.87. The summed E-state index contributed by atoms with van der Waals surface area (Å²) >= 11 is 0. The Kier molecular flexibility index (Phi) is 2.37. The molecule has 0 amide bonds. The summed E-state index contributed by atoms with van der Waals surface area (Å²) in [5.74, 6) is 1.03. The SMILES string of the molecule is CC(C)c1ccc2[nH]cc(-c3cc(N)n[nH]3)c2c1. The Morgan fingerprint density at radius 3 is 2.72 bits per heavy atom. The van der Waals surface area contributed by atoms with Crippen LogP contribution in [0.25, 0.3) is 22.2 Å². The van der Waals surface area contributed by atoms with E-state index >= 15 is 0 Å². The first-order chi connectivity index (χ1) is 8.65. The fourth-order valence-corrected chi connectivity index (χ4v) is 2.20. The predicted octanol–water partition coefficient (Wildman–Crippen LogP) is 3.26. The minimum absolute atomic E-state index is 0.513. The van der Waals surface area contributed by atoms with Crippen LogP contribution in [0.3, 0.4) is 0 Å². The summed E-state index contributed by atoms with van der Waals surface area (Å²) in [5, 5.41) is 8.13. The number of anilines is 1. The van der Waals surface area contributed by atoms with E-state index in [-0.39, 0.29) is 0 Å². The first kappa shape index (κ1) is 10.9. The van der Waals surface area contributed by atoms with Crippen LogP contribution in [0.4, 0.5) is 5.82 Å². The summed E-state index contributed by atoms with van der Waals surface area (Å²) in [7, 11) is 0. The average molecular weight is 240 g/mol. The quantitative estimate of drug-likeness (QED) is 0.643. The lowest BCUT2D eigenvalue weighted by Crippen LogP contribution is -1.86. The molecule has 0 aliphatic rings. The van der Waals surface area contributed by atoms with Crippen molar-refractivity contribution in [1.29, 1.82) is 0 Å². The fraction of sp³-hybridized carbons (Fsp3) is 0.214. The van der Waals surface area contributed by atoms with Crippen LogP contribution >= 0.6 is 0 Å². The van der Waals surface area contributed by atoms with E-state index in [1.807, 2.05) is 12.3 Å². The van der Waals surface area contributed by atoms with Gasteiger partial charge < -0.3 is 10.7 Å². The van der Waals surface area contributed by atoms with E-state index in [4.69, 9.17) is 5.73 Å². The molecule has 0 aliphatic carbocycles. The normalized spacial score (nSPS) is 11.5. The van der Waals surface area contributed by atoms with Crippen LogP contribution in [0.15, 0.2) is 30.5 Å². The van der Waals surface area contributed by atoms with E-state index < -0.39 is 0 Å². The number of aromatic amines is 2. The van der Waals surface area contributed by atoms with Crippen LogP contribution in [0.2, 0.25) is 0 Å². The lowest BCUT2D eigenvalue weighted by Gasteiger charge is -2.05. The molecule has 0 aliphatic heterocycles. The summed E-state index contributed by atoms with van der Waals surface area (Å²) in [6.07, 6.45) is 1.99. The third kappa shape index (κ3) is 1.66. The van der Waals surface area contributed by atoms with Gasteiger partial charge in [-0.1, -0.05) is 19.9 Å². The number of benzene rings is 1. The van der Waals surface area contributed by atoms with Crippen LogP contribution in [0.1, 0.15) is 25.3 Å². The molecule has 92 valence electrons. The van der Waals surface area contributed by atoms with Crippen molar-refractivity contribution >= 4 is 16.7 Å². The molecule has 0 fully saturated rings. The standard InChI is InChI=1S/C14H16N4/c1-8(2)9-3-4-12-10(5-9)11(7-16-12)13-6-14(15)18-17-13/h3-8,16H,1-2H3,(H3,15,17,18). The Hall–Kier alpha value is -2.23. The van der Waals surface area contributed by atoms with Gasteiger partial charge in [0, 0.05) is 28.7 Å². The van der Waals surface area contributed by atoms with Gasteiger partial charge in [-0.2, -0.15) is 5.10 Å². The summed E-state index contributed by atoms with van der Waals surface area (Å²) in [4.78, 5) is 3.27. The van der Waals surface area contributed by atoms with E-state index in [9.17, 15) is 0 Å². The van der Waals surface area contributed by atoms with Crippen molar-refractivity contribution in [2.45, 2.75) is 19.8 Å². The zero-order valence-electron chi connectivity index (χ0n) is 10.5. The zero-order valence-corrected chi connectivity index (χ0v) is 10.5. The number of nitrogens with zero attached hydrogens (tertiary/aromatic N) is 1. The first-order valence-electron chi connectivity index (χ1n) is 6.07. The number of H-pyrrole nitrogens is 2. The molecule has 4 nitrogen and oxygen atoms in total. The lowest BCUT2D eigenvalue weighted by molar-refractivity contribution is 0.869. The van der Waals surface area contributed by atoms with Gasteiger partial charge in [0.2, 0.25) is 0 Å². The van der Waals surface area contributed by atoms with Gasteiger partial charge in [-0.3, -0.25) is 5.10 Å². The summed E-state index contributed by atoms with van der Waals surface area (Å²) in [6.45, 7) is 4.39. The number of nitrogens with two attached hydrogens (primary N) is 1. The first-order valence-corrected chi connectivity index (χ1v) is 6.07. The molecule has 3 aromatic rings. The third-order valence-corrected chi connectivity index (χ3v) is 3.26. The number of fused-ring (bicyclic) bond motifs is 1. The molecule has 3 rings (SSSR count). The van der Waals surface area contributed by atoms with Crippen molar-refractivity contribution < 1.29 is 0 Å². The van der Waals surface area contributed by atoms with Gasteiger partial charge in [0.1, 0.15) is 5.82 Å². The highest BCUT2D eigenvalue weighted by molar-refractivity contribution is 5.95. The van der Waals surface area contributed by atoms with Gasteiger partial charge in [-0.05, 0) is 23.6 Å². The molecular weight excluding hydrogens is 224 g/mol. The van der Waals surface area contributed by atoms with Crippen LogP contribution < -0.4 is 5.73 Å². The monoisotopic (exact) mass is 240 g/mol. The summed E-state index contributed by atoms with van der Waals surface area (Å²) < 4.78 is 0. The molecule has 18 heavy (non-hydrogen) atoms. The minimum atomic E-state index is 0.513. The lowest BCUT2D eigenvalue weighted by atomic mass is 10.00. The van der Waals surface area contributed by atoms with Gasteiger partial charge in [-0.25, -0.2) is 0 Å². The van der Waals surface area contributed by atoms with Gasteiger partial charge in [-0.15, -0.1) is 0 Å². The van der Waals surface area contributed by atoms with Gasteiger partial charge in [0.15, 0.2) is 0 Å². The third-order valence-electron chi connectivity index (χ3n) is 3.26. The largest absolute Gasteiger partial charge is 0.382 e. The number of nitrogens with one attached hydrogen (secondary N) is 2. The molecule has 0 saturated carbocycles. The topological polar surface area (TPSA) is 70.5 Å². The minimum Gasteiger partial charge on any atom is -0.382 e. The highest BCUT2D eigenvalue weighted by atomic mass is 15.2. The van der Waals surface area contributed by atoms with E-state index in [1.165, 1.54) is 10.9 Å². The molecule has 2 heterocycles. The van der Waals surface area contributed by atoms with Crippen molar-refractivity contribution in [3.05, 3.63) is 36.0 Å². The molecule has 2 aromatic heterocycles. The van der Waals surface area contributed by atoms with Crippen molar-refractivity contribution in [1.82, 2.24) is 15.2 Å². The highest BCUT2D eigenvalue weighted by Gasteiger charge is 2.10. The smallest absolute Gasteiger partial charge is 0.145 e. The Morgan fingerprint density at radius 2 is 2.06 bits per heavy atom. The maximum absolute atomic E-state index is 5.65. The molecule has 0 radical (unpaired) electrons. The molecule has 0 spiro atoms. The van der Waals surface area contributed by atoms with Crippen LogP contribution in [-0.2, 0) is 0 Å². The number of nitrogen functional groups attached to an aromatic ring is 1. The van der Waals surface area contributed by atoms with Gasteiger partial charge in [0.05, 0.1) is 5.69 Å². The second-order valence-corrected chi connectivity index (χ2v) is 4.87. The van der Waals surface area contributed by atoms with Crippen LogP contribution in [0, 0.1) is 0 Å². The number of hydrogen-bond acceptors (Lipinski definition) is 2. The highest BCUT2D eigenvalue weighted by Crippen LogP contribution is 2.30. The van der Waals surface area contributed by atoms with Crippen LogP contribution in [0.5, 0.6) is 0 Å². The maximum Gasteiger partial charge on any atom is 0.145 e. The van der Waals surface area contributed by atoms with E-state index in [0.717, 1.165) is 16.8 Å². The molecule has 4 heteroatoms. The van der Waals surface area contributed by atoms with Crippen molar-refractivity contribution in [2.75, 3.05) is 5.73 Å². The van der Waals surface area contributed by atoms with Crippen molar-refractivity contribution in [3.63, 3.8) is 0 Å². The zero-order chi connectivity index (χ0) is 12.7. The Labute approximate surface area is 105 Å². The summed E-state index contributed by atoms with van der Waals surface area (Å²) in [6, 6.07) is 8.36. The fourth-order valence-electron chi connectivity index (χ4n) is 2.20. The molecular formula is C14H16N4. The second kappa shape index (κ2) is 3.91. The Balaban J connectivity index is 2.20. The molecule has 1 aromatic carbocycles. The molecule has 4 N–H and O–H groups in total. The number of rotatable bonds is 2. The average Bonchev–Trinajstić information content (AvgIpc) is 2.93. The Morgan fingerprint density at radius 1 is 1.22 bits per heavy atom. The van der Waals surface area contributed by atoms with Gasteiger partial charge >= 0.3 is 0 Å². The Bertz CT molecular complexity index is 691. The molecule has 0 atom stereocenters. The number of aromatic nitrogens is 3.